The minimum absolute atomic E-state index is 0.458. The summed E-state index contributed by atoms with van der Waals surface area (Å²) in [5.41, 5.74) is 25.8. The predicted octanol–water partition coefficient (Wildman–Crippen LogP) is 21.8. The zero-order chi connectivity index (χ0) is 56.1. The molecule has 1 aromatic heterocycles. The first kappa shape index (κ1) is 49.6. The van der Waals surface area contributed by atoms with Crippen molar-refractivity contribution >= 4 is 105 Å². The van der Waals surface area contributed by atoms with E-state index in [1.807, 2.05) is 0 Å². The molecule has 0 radical (unpaired) electrons. The second kappa shape index (κ2) is 18.1. The van der Waals surface area contributed by atoms with Crippen molar-refractivity contribution in [1.82, 2.24) is 4.57 Å². The van der Waals surface area contributed by atoms with Crippen LogP contribution in [0, 0.1) is 41.5 Å². The first-order chi connectivity index (χ1) is 39.5. The molecule has 0 bridgehead atoms. The molecule has 0 aliphatic carbocycles. The van der Waals surface area contributed by atoms with E-state index >= 15 is 0 Å². The van der Waals surface area contributed by atoms with E-state index in [4.69, 9.17) is 0 Å². The van der Waals surface area contributed by atoms with Crippen molar-refractivity contribution in [3.63, 3.8) is 0 Å². The van der Waals surface area contributed by atoms with Crippen LogP contribution in [-0.4, -0.2) is 4.57 Å². The van der Waals surface area contributed by atoms with Crippen LogP contribution in [0.5, 0.6) is 0 Å². The van der Waals surface area contributed by atoms with Gasteiger partial charge in [-0.1, -0.05) is 137 Å². The molecule has 12 aromatic carbocycles. The van der Waals surface area contributed by atoms with E-state index in [1.54, 1.807) is 0 Å². The van der Waals surface area contributed by atoms with Gasteiger partial charge in [-0.2, -0.15) is 0 Å². The van der Waals surface area contributed by atoms with Crippen LogP contribution >= 0.6 is 0 Å². The highest BCUT2D eigenvalue weighted by atomic mass is 15.2. The van der Waals surface area contributed by atoms with Crippen molar-refractivity contribution in [2.75, 3.05) is 14.7 Å². The Morgan fingerprint density at radius 3 is 0.841 bits per heavy atom. The highest BCUT2D eigenvalue weighted by Crippen LogP contribution is 2.59. The SMILES string of the molecule is Cc1cc(C)cc(N(c2cc3c4c(c2)C(C)(C)c2cc(N(c5cc(C)cc(C)c5)c5ccc6ccccc6c5)cc5c6cc(N(c7cc(C)cc(C)c7)c7ccc8ccccc8c7)cc(c6n-4c25)C3(C)C)c2ccc3ccccc3c2)c1. The van der Waals surface area contributed by atoms with Gasteiger partial charge in [0.05, 0.1) is 16.7 Å². The van der Waals surface area contributed by atoms with Crippen LogP contribution in [0.1, 0.15) is 83.3 Å². The lowest BCUT2D eigenvalue weighted by Gasteiger charge is -2.44. The molecule has 398 valence electrons. The number of aryl methyl sites for hydroxylation is 6. The Balaban J connectivity index is 1.07. The first-order valence-electron chi connectivity index (χ1n) is 29.0. The number of rotatable bonds is 9. The van der Waals surface area contributed by atoms with E-state index in [1.165, 1.54) is 115 Å². The lowest BCUT2D eigenvalue weighted by atomic mass is 9.68. The van der Waals surface area contributed by atoms with Crippen molar-refractivity contribution in [2.24, 2.45) is 0 Å². The third-order valence-electron chi connectivity index (χ3n) is 18.1. The quantitative estimate of drug-likeness (QED) is 0.143. The summed E-state index contributed by atoms with van der Waals surface area (Å²) in [5.74, 6) is 0. The number of hydrogen-bond acceptors (Lipinski definition) is 3. The van der Waals surface area contributed by atoms with Crippen LogP contribution < -0.4 is 14.7 Å². The largest absolute Gasteiger partial charge is 0.310 e. The van der Waals surface area contributed by atoms with Gasteiger partial charge in [0, 0.05) is 72.8 Å². The van der Waals surface area contributed by atoms with Crippen molar-refractivity contribution < 1.29 is 0 Å². The Bertz CT molecular complexity index is 4560. The van der Waals surface area contributed by atoms with Gasteiger partial charge in [-0.3, -0.25) is 0 Å². The van der Waals surface area contributed by atoms with Gasteiger partial charge in [0.25, 0.3) is 0 Å². The minimum atomic E-state index is -0.458. The van der Waals surface area contributed by atoms with Crippen LogP contribution in [0.2, 0.25) is 0 Å². The molecule has 0 saturated heterocycles. The number of hydrogen-bond donors (Lipinski definition) is 0. The second-order valence-corrected chi connectivity index (χ2v) is 24.9. The average molecular weight is 1060 g/mol. The van der Waals surface area contributed by atoms with Gasteiger partial charge in [-0.25, -0.2) is 0 Å². The lowest BCUT2D eigenvalue weighted by Crippen LogP contribution is -2.34. The highest BCUT2D eigenvalue weighted by Gasteiger charge is 2.45. The summed E-state index contributed by atoms with van der Waals surface area (Å²) < 4.78 is 2.69. The van der Waals surface area contributed by atoms with Crippen LogP contribution in [0.4, 0.5) is 51.2 Å². The van der Waals surface area contributed by atoms with E-state index < -0.39 is 10.8 Å². The van der Waals surface area contributed by atoms with E-state index in [2.05, 4.69) is 307 Å². The molecule has 0 N–H and O–H groups in total. The Morgan fingerprint density at radius 2 is 0.524 bits per heavy atom. The van der Waals surface area contributed by atoms with Crippen LogP contribution in [0.25, 0.3) is 59.8 Å². The third-order valence-corrected chi connectivity index (χ3v) is 18.1. The molecule has 0 unspecified atom stereocenters. The molecule has 82 heavy (non-hydrogen) atoms. The second-order valence-electron chi connectivity index (χ2n) is 24.9. The van der Waals surface area contributed by atoms with Gasteiger partial charge >= 0.3 is 0 Å². The molecule has 2 aliphatic rings. The molecule has 0 spiro atoms. The molecule has 0 fully saturated rings. The van der Waals surface area contributed by atoms with Gasteiger partial charge in [0.2, 0.25) is 0 Å². The summed E-state index contributed by atoms with van der Waals surface area (Å²) >= 11 is 0. The van der Waals surface area contributed by atoms with Crippen LogP contribution in [-0.2, 0) is 10.8 Å². The normalized spacial score (nSPS) is 13.7. The fourth-order valence-electron chi connectivity index (χ4n) is 14.4. The minimum Gasteiger partial charge on any atom is -0.310 e. The van der Waals surface area contributed by atoms with Gasteiger partial charge in [0.1, 0.15) is 0 Å². The zero-order valence-electron chi connectivity index (χ0n) is 48.6. The van der Waals surface area contributed by atoms with Crippen molar-refractivity contribution in [3.05, 3.63) is 274 Å². The van der Waals surface area contributed by atoms with Crippen molar-refractivity contribution in [1.29, 1.82) is 0 Å². The molecule has 3 heterocycles. The molecule has 2 aliphatic heterocycles. The number of aromatic nitrogens is 1. The van der Waals surface area contributed by atoms with E-state index in [-0.39, 0.29) is 0 Å². The Morgan fingerprint density at radius 1 is 0.256 bits per heavy atom. The summed E-state index contributed by atoms with van der Waals surface area (Å²) in [7, 11) is 0. The Hall–Kier alpha value is -9.38. The Labute approximate surface area is 481 Å². The fraction of sp³-hybridized carbons (Fsp3) is 0.154. The summed E-state index contributed by atoms with van der Waals surface area (Å²) in [6.45, 7) is 23.3. The molecule has 0 amide bonds. The van der Waals surface area contributed by atoms with E-state index in [9.17, 15) is 0 Å². The monoisotopic (exact) mass is 1060 g/mol. The average Bonchev–Trinajstić information content (AvgIpc) is 2.52. The maximum Gasteiger partial charge on any atom is 0.0583 e. The molecule has 0 saturated carbocycles. The van der Waals surface area contributed by atoms with Gasteiger partial charge < -0.3 is 19.3 Å². The van der Waals surface area contributed by atoms with Crippen LogP contribution in [0.3, 0.4) is 0 Å². The third kappa shape index (κ3) is 7.72. The van der Waals surface area contributed by atoms with E-state index in [0.717, 1.165) is 51.2 Å². The van der Waals surface area contributed by atoms with E-state index in [0.29, 0.717) is 0 Å². The summed E-state index contributed by atoms with van der Waals surface area (Å²) in [6.07, 6.45) is 0. The maximum absolute atomic E-state index is 2.69. The molecule has 4 nitrogen and oxygen atoms in total. The lowest BCUT2D eigenvalue weighted by molar-refractivity contribution is 0.594. The van der Waals surface area contributed by atoms with Gasteiger partial charge in [-0.05, 0) is 239 Å². The Kier molecular flexibility index (Phi) is 10.9. The highest BCUT2D eigenvalue weighted by molar-refractivity contribution is 6.17. The number of nitrogens with zero attached hydrogens (tertiary/aromatic N) is 4. The summed E-state index contributed by atoms with van der Waals surface area (Å²) in [6, 6.07) is 83.3. The number of benzene rings is 12. The number of anilines is 9. The molecule has 4 heteroatoms. The fourth-order valence-corrected chi connectivity index (χ4v) is 14.4. The summed E-state index contributed by atoms with van der Waals surface area (Å²) in [5, 5.41) is 9.82. The molecular weight excluding hydrogens is 993 g/mol. The maximum atomic E-state index is 2.69. The zero-order valence-corrected chi connectivity index (χ0v) is 48.6. The van der Waals surface area contributed by atoms with Gasteiger partial charge in [0.15, 0.2) is 0 Å². The van der Waals surface area contributed by atoms with Crippen molar-refractivity contribution in [2.45, 2.75) is 80.1 Å². The molecular formula is C78H66N4. The van der Waals surface area contributed by atoms with Gasteiger partial charge in [-0.15, -0.1) is 0 Å². The summed E-state index contributed by atoms with van der Waals surface area (Å²) in [4.78, 5) is 7.56. The molecule has 13 aromatic rings. The smallest absolute Gasteiger partial charge is 0.0583 e. The number of fused-ring (bicyclic) bond motifs is 4. The molecule has 15 rings (SSSR count). The first-order valence-corrected chi connectivity index (χ1v) is 29.0. The van der Waals surface area contributed by atoms with Crippen LogP contribution in [0.15, 0.2) is 218 Å². The van der Waals surface area contributed by atoms with Crippen molar-refractivity contribution in [3.8, 4) is 5.69 Å². The molecule has 0 atom stereocenters. The predicted molar refractivity (Wildman–Crippen MR) is 350 cm³/mol. The topological polar surface area (TPSA) is 14.7 Å². The standard InChI is InChI=1S/C78H66N4/c1-47-29-48(2)33-62(32-47)79(59-26-23-53-17-11-14-20-56(53)38-59)65-41-68-69-42-66(80(63-34-49(3)30-50(4)35-63)60-27-24-54-18-12-15-21-57(54)39-60)44-71-75(69)82-74(68)70(43-65)77(7,8)72-45-67(46-73(76(72)82)78(71,9)10)81(64-36-51(5)31-52(6)37-64)61-28-25-55-19-13-16-22-58(55)40-61/h11-46H,1-10H3.